The topological polar surface area (TPSA) is 17.1 Å². The molecule has 0 aliphatic heterocycles. The van der Waals surface area contributed by atoms with Crippen LogP contribution in [0.1, 0.15) is 21.5 Å². The summed E-state index contributed by atoms with van der Waals surface area (Å²) in [6.45, 7) is 0. The van der Waals surface area contributed by atoms with Gasteiger partial charge >= 0.3 is 12.4 Å². The molecule has 30 heavy (non-hydrogen) atoms. The monoisotopic (exact) mass is 506 g/mol. The summed E-state index contributed by atoms with van der Waals surface area (Å²) >= 11 is 8.92. The van der Waals surface area contributed by atoms with Gasteiger partial charge in [0.25, 0.3) is 0 Å². The average Bonchev–Trinajstić information content (AvgIpc) is 2.64. The maximum atomic E-state index is 13.7. The first kappa shape index (κ1) is 22.4. The molecule has 1 nitrogen and oxygen atoms in total. The lowest BCUT2D eigenvalue weighted by molar-refractivity contribution is -0.137. The third-order valence-corrected chi connectivity index (χ3v) is 5.16. The summed E-state index contributed by atoms with van der Waals surface area (Å²) in [7, 11) is 0. The SMILES string of the molecule is O=C(C=C(c1cc(Cl)cc(C(F)(F)F)c1)C(F)(F)F)c1ccc(Br)c2ccccc12. The molecule has 0 fully saturated rings. The predicted molar refractivity (Wildman–Crippen MR) is 106 cm³/mol. The third kappa shape index (κ3) is 4.70. The Hall–Kier alpha value is -2.32. The molecule has 156 valence electrons. The van der Waals surface area contributed by atoms with E-state index in [1.807, 2.05) is 0 Å². The van der Waals surface area contributed by atoms with Crippen LogP contribution in [-0.4, -0.2) is 12.0 Å². The predicted octanol–water partition coefficient (Wildman–Crippen LogP) is 8.10. The Labute approximate surface area is 180 Å². The van der Waals surface area contributed by atoms with E-state index in [1.54, 1.807) is 24.3 Å². The lowest BCUT2D eigenvalue weighted by Crippen LogP contribution is -2.14. The number of rotatable bonds is 3. The highest BCUT2D eigenvalue weighted by molar-refractivity contribution is 9.10. The van der Waals surface area contributed by atoms with Crippen LogP contribution in [-0.2, 0) is 6.18 Å². The van der Waals surface area contributed by atoms with Crippen LogP contribution in [0.25, 0.3) is 16.3 Å². The molecule has 3 aromatic carbocycles. The van der Waals surface area contributed by atoms with Crippen LogP contribution < -0.4 is 0 Å². The Morgan fingerprint density at radius 2 is 1.53 bits per heavy atom. The number of hydrogen-bond donors (Lipinski definition) is 0. The van der Waals surface area contributed by atoms with Crippen LogP contribution in [0.3, 0.4) is 0 Å². The summed E-state index contributed by atoms with van der Waals surface area (Å²) in [6.07, 6.45) is -9.70. The minimum atomic E-state index is -5.09. The lowest BCUT2D eigenvalue weighted by atomic mass is 9.97. The van der Waals surface area contributed by atoms with Gasteiger partial charge in [0.2, 0.25) is 0 Å². The van der Waals surface area contributed by atoms with Crippen LogP contribution >= 0.6 is 27.5 Å². The van der Waals surface area contributed by atoms with E-state index in [4.69, 9.17) is 11.6 Å². The zero-order valence-corrected chi connectivity index (χ0v) is 17.0. The van der Waals surface area contributed by atoms with Crippen molar-refractivity contribution < 1.29 is 31.1 Å². The Balaban J connectivity index is 2.19. The fourth-order valence-corrected chi connectivity index (χ4v) is 3.64. The van der Waals surface area contributed by atoms with Crippen LogP contribution in [0.15, 0.2) is 65.1 Å². The quantitative estimate of drug-likeness (QED) is 0.199. The largest absolute Gasteiger partial charge is 0.417 e. The molecule has 3 aromatic rings. The van der Waals surface area contributed by atoms with Gasteiger partial charge in [-0.3, -0.25) is 4.79 Å². The van der Waals surface area contributed by atoms with E-state index in [9.17, 15) is 31.1 Å². The maximum Gasteiger partial charge on any atom is 0.417 e. The van der Waals surface area contributed by atoms with Crippen molar-refractivity contribution >= 4 is 49.7 Å². The van der Waals surface area contributed by atoms with Crippen molar-refractivity contribution in [1.29, 1.82) is 0 Å². The Morgan fingerprint density at radius 3 is 2.13 bits per heavy atom. The van der Waals surface area contributed by atoms with E-state index in [0.29, 0.717) is 33.5 Å². The van der Waals surface area contributed by atoms with Gasteiger partial charge in [-0.2, -0.15) is 26.3 Å². The summed E-state index contributed by atoms with van der Waals surface area (Å²) in [5.74, 6) is -1.00. The first-order valence-electron chi connectivity index (χ1n) is 8.26. The van der Waals surface area contributed by atoms with Gasteiger partial charge in [0.1, 0.15) is 0 Å². The summed E-state index contributed by atoms with van der Waals surface area (Å²) in [6, 6.07) is 11.0. The number of benzene rings is 3. The van der Waals surface area contributed by atoms with E-state index >= 15 is 0 Å². The number of alkyl halides is 6. The first-order chi connectivity index (χ1) is 13.9. The minimum Gasteiger partial charge on any atom is -0.289 e. The standard InChI is InChI=1S/C21H10BrClF6O/c22-18-6-5-16(14-3-1-2-4-15(14)18)19(30)10-17(21(27,28)29)11-7-12(20(24,25)26)9-13(23)8-11/h1-10H. The fraction of sp³-hybridized carbons (Fsp3) is 0.0952. The summed E-state index contributed by atoms with van der Waals surface area (Å²) < 4.78 is 80.7. The molecule has 0 atom stereocenters. The maximum absolute atomic E-state index is 13.7. The molecule has 0 aliphatic rings. The molecule has 0 saturated carbocycles. The third-order valence-electron chi connectivity index (χ3n) is 4.25. The molecule has 0 radical (unpaired) electrons. The van der Waals surface area contributed by atoms with Crippen molar-refractivity contribution in [1.82, 2.24) is 0 Å². The molecule has 9 heteroatoms. The number of carbonyl (C=O) groups is 1. The lowest BCUT2D eigenvalue weighted by Gasteiger charge is -2.15. The number of fused-ring (bicyclic) bond motifs is 1. The molecule has 0 unspecified atom stereocenters. The van der Waals surface area contributed by atoms with E-state index in [1.165, 1.54) is 12.1 Å². The van der Waals surface area contributed by atoms with Crippen LogP contribution in [0.2, 0.25) is 5.02 Å². The van der Waals surface area contributed by atoms with Crippen molar-refractivity contribution in [2.24, 2.45) is 0 Å². The highest BCUT2D eigenvalue weighted by Gasteiger charge is 2.38. The summed E-state index contributed by atoms with van der Waals surface area (Å²) in [5, 5.41) is 0.473. The zero-order chi connectivity index (χ0) is 22.3. The van der Waals surface area contributed by atoms with E-state index in [0.717, 1.165) is 6.07 Å². The molecule has 0 saturated heterocycles. The molecule has 0 bridgehead atoms. The van der Waals surface area contributed by atoms with Gasteiger partial charge in [0.15, 0.2) is 5.78 Å². The smallest absolute Gasteiger partial charge is 0.289 e. The zero-order valence-electron chi connectivity index (χ0n) is 14.7. The van der Waals surface area contributed by atoms with Crippen molar-refractivity contribution in [2.45, 2.75) is 12.4 Å². The highest BCUT2D eigenvalue weighted by atomic mass is 79.9. The number of carbonyl (C=O) groups excluding carboxylic acids is 1. The number of allylic oxidation sites excluding steroid dienone is 2. The van der Waals surface area contributed by atoms with E-state index in [2.05, 4.69) is 15.9 Å². The number of halogens is 8. The highest BCUT2D eigenvalue weighted by Crippen LogP contribution is 2.39. The van der Waals surface area contributed by atoms with Gasteiger partial charge in [-0.05, 0) is 52.7 Å². The molecular weight excluding hydrogens is 498 g/mol. The van der Waals surface area contributed by atoms with Gasteiger partial charge in [-0.15, -0.1) is 0 Å². The number of ketones is 1. The van der Waals surface area contributed by atoms with Gasteiger partial charge in [-0.1, -0.05) is 51.8 Å². The van der Waals surface area contributed by atoms with Gasteiger partial charge in [-0.25, -0.2) is 0 Å². The van der Waals surface area contributed by atoms with E-state index < -0.39 is 39.9 Å². The Kier molecular flexibility index (Phi) is 6.02. The Morgan fingerprint density at radius 1 is 0.900 bits per heavy atom. The van der Waals surface area contributed by atoms with Gasteiger partial charge in [0, 0.05) is 15.1 Å². The fourth-order valence-electron chi connectivity index (χ4n) is 2.92. The second-order valence-corrected chi connectivity index (χ2v) is 7.58. The molecule has 0 aliphatic carbocycles. The molecule has 0 amide bonds. The van der Waals surface area contributed by atoms with Crippen LogP contribution in [0.4, 0.5) is 26.3 Å². The van der Waals surface area contributed by atoms with Crippen molar-refractivity contribution in [3.63, 3.8) is 0 Å². The molecule has 0 heterocycles. The molecule has 3 rings (SSSR count). The minimum absolute atomic E-state index is 0.0198. The van der Waals surface area contributed by atoms with Crippen molar-refractivity contribution in [3.05, 3.63) is 86.9 Å². The van der Waals surface area contributed by atoms with Crippen LogP contribution in [0, 0.1) is 0 Å². The molecule has 0 N–H and O–H groups in total. The molecule has 0 aromatic heterocycles. The van der Waals surface area contributed by atoms with E-state index in [-0.39, 0.29) is 5.56 Å². The normalized spacial score (nSPS) is 13.0. The number of hydrogen-bond acceptors (Lipinski definition) is 1. The van der Waals surface area contributed by atoms with Crippen molar-refractivity contribution in [3.8, 4) is 0 Å². The summed E-state index contributed by atoms with van der Waals surface area (Å²) in [5.41, 5.74) is -3.74. The van der Waals surface area contributed by atoms with Crippen molar-refractivity contribution in [2.75, 3.05) is 0 Å². The molecular formula is C21H10BrClF6O. The van der Waals surface area contributed by atoms with Gasteiger partial charge < -0.3 is 0 Å². The van der Waals surface area contributed by atoms with Crippen LogP contribution in [0.5, 0.6) is 0 Å². The average molecular weight is 508 g/mol. The molecule has 0 spiro atoms. The second kappa shape index (κ2) is 8.07. The van der Waals surface area contributed by atoms with Gasteiger partial charge in [0.05, 0.1) is 11.1 Å². The Bertz CT molecular complexity index is 1160. The summed E-state index contributed by atoms with van der Waals surface area (Å²) in [4.78, 5) is 12.7. The second-order valence-electron chi connectivity index (χ2n) is 6.29. The first-order valence-corrected chi connectivity index (χ1v) is 9.43.